The van der Waals surface area contributed by atoms with Crippen LogP contribution in [-0.4, -0.2) is 19.5 Å². The van der Waals surface area contributed by atoms with Gasteiger partial charge in [0.15, 0.2) is 0 Å². The summed E-state index contributed by atoms with van der Waals surface area (Å²) < 4.78 is 42.1. The molecule has 2 nitrogen and oxygen atoms in total. The molecule has 0 aliphatic carbocycles. The number of benzene rings is 1. The highest BCUT2D eigenvalue weighted by molar-refractivity contribution is 5.55. The summed E-state index contributed by atoms with van der Waals surface area (Å²) in [5, 5.41) is 0. The predicted molar refractivity (Wildman–Crippen MR) is 82.4 cm³/mol. The highest BCUT2D eigenvalue weighted by Crippen LogP contribution is 2.35. The molecule has 5 heteroatoms. The topological polar surface area (TPSA) is 12.5 Å². The van der Waals surface area contributed by atoms with E-state index in [1.807, 2.05) is 19.9 Å². The lowest BCUT2D eigenvalue weighted by Crippen LogP contribution is -2.33. The molecule has 1 heterocycles. The summed E-state index contributed by atoms with van der Waals surface area (Å²) in [6.45, 7) is 7.71. The normalized spacial score (nSPS) is 17.1. The summed E-state index contributed by atoms with van der Waals surface area (Å²) in [6, 6.07) is 5.20. The minimum absolute atomic E-state index is 0.0165. The largest absolute Gasteiger partial charge is 0.573 e. The Morgan fingerprint density at radius 2 is 1.86 bits per heavy atom. The third kappa shape index (κ3) is 4.31. The minimum atomic E-state index is -4.66. The Hall–Kier alpha value is -1.39. The molecular formula is C17H24F3NO. The molecule has 0 aromatic heterocycles. The van der Waals surface area contributed by atoms with Gasteiger partial charge in [-0.15, -0.1) is 13.2 Å². The average molecular weight is 315 g/mol. The van der Waals surface area contributed by atoms with E-state index in [0.29, 0.717) is 5.56 Å². The maximum Gasteiger partial charge on any atom is 0.573 e. The van der Waals surface area contributed by atoms with Crippen molar-refractivity contribution in [2.45, 2.75) is 52.3 Å². The standard InChI is InChI=1S/C17H24F3NO/c1-4-13-7-9-21(10-8-13)14-5-6-15(12(2)3)16(11-14)22-17(18,19)20/h5-6,11-13H,4,7-10H2,1-3H3. The predicted octanol–water partition coefficient (Wildman–Crippen LogP) is 5.34. The van der Waals surface area contributed by atoms with E-state index in [9.17, 15) is 13.2 Å². The molecule has 0 spiro atoms. The zero-order valence-corrected chi connectivity index (χ0v) is 13.4. The third-order valence-electron chi connectivity index (χ3n) is 4.40. The molecule has 124 valence electrons. The Morgan fingerprint density at radius 3 is 2.36 bits per heavy atom. The number of piperidine rings is 1. The van der Waals surface area contributed by atoms with Crippen LogP contribution in [0.1, 0.15) is 51.5 Å². The van der Waals surface area contributed by atoms with Crippen molar-refractivity contribution in [1.29, 1.82) is 0 Å². The van der Waals surface area contributed by atoms with Crippen LogP contribution in [0, 0.1) is 5.92 Å². The molecule has 1 saturated heterocycles. The fourth-order valence-electron chi connectivity index (χ4n) is 3.01. The van der Waals surface area contributed by atoms with Gasteiger partial charge in [-0.05, 0) is 36.3 Å². The van der Waals surface area contributed by atoms with Crippen molar-refractivity contribution in [3.8, 4) is 5.75 Å². The van der Waals surface area contributed by atoms with E-state index in [1.165, 1.54) is 12.5 Å². The van der Waals surface area contributed by atoms with Gasteiger partial charge in [-0.1, -0.05) is 33.3 Å². The van der Waals surface area contributed by atoms with Crippen molar-refractivity contribution in [3.05, 3.63) is 23.8 Å². The molecule has 0 N–H and O–H groups in total. The summed E-state index contributed by atoms with van der Waals surface area (Å²) >= 11 is 0. The van der Waals surface area contributed by atoms with Crippen molar-refractivity contribution in [1.82, 2.24) is 0 Å². The van der Waals surface area contributed by atoms with E-state index in [4.69, 9.17) is 0 Å². The average Bonchev–Trinajstić information content (AvgIpc) is 2.45. The van der Waals surface area contributed by atoms with Gasteiger partial charge in [-0.3, -0.25) is 0 Å². The second-order valence-electron chi connectivity index (χ2n) is 6.26. The van der Waals surface area contributed by atoms with Crippen LogP contribution < -0.4 is 9.64 Å². The fraction of sp³-hybridized carbons (Fsp3) is 0.647. The zero-order chi connectivity index (χ0) is 16.3. The summed E-state index contributed by atoms with van der Waals surface area (Å²) in [5.74, 6) is 0.645. The van der Waals surface area contributed by atoms with Crippen LogP contribution in [0.15, 0.2) is 18.2 Å². The molecule has 0 radical (unpaired) electrons. The highest BCUT2D eigenvalue weighted by Gasteiger charge is 2.32. The molecule has 1 aromatic rings. The van der Waals surface area contributed by atoms with Crippen LogP contribution in [0.4, 0.5) is 18.9 Å². The van der Waals surface area contributed by atoms with Crippen molar-refractivity contribution in [2.75, 3.05) is 18.0 Å². The van der Waals surface area contributed by atoms with Gasteiger partial charge in [-0.2, -0.15) is 0 Å². The van der Waals surface area contributed by atoms with E-state index in [1.54, 1.807) is 6.07 Å². The molecule has 2 rings (SSSR count). The number of hydrogen-bond acceptors (Lipinski definition) is 2. The monoisotopic (exact) mass is 315 g/mol. The Labute approximate surface area is 130 Å². The summed E-state index contributed by atoms with van der Waals surface area (Å²) in [6.07, 6.45) is -1.30. The van der Waals surface area contributed by atoms with Crippen molar-refractivity contribution in [2.24, 2.45) is 5.92 Å². The molecule has 1 aliphatic rings. The summed E-state index contributed by atoms with van der Waals surface area (Å²) in [5.41, 5.74) is 1.41. The second kappa shape index (κ2) is 6.80. The van der Waals surface area contributed by atoms with Crippen LogP contribution in [-0.2, 0) is 0 Å². The van der Waals surface area contributed by atoms with Crippen molar-refractivity contribution in [3.63, 3.8) is 0 Å². The van der Waals surface area contributed by atoms with Crippen molar-refractivity contribution < 1.29 is 17.9 Å². The van der Waals surface area contributed by atoms with Gasteiger partial charge < -0.3 is 9.64 Å². The molecule has 22 heavy (non-hydrogen) atoms. The lowest BCUT2D eigenvalue weighted by atomic mass is 9.94. The maximum atomic E-state index is 12.6. The number of nitrogens with zero attached hydrogens (tertiary/aromatic N) is 1. The van der Waals surface area contributed by atoms with Crippen LogP contribution in [0.5, 0.6) is 5.75 Å². The number of alkyl halides is 3. The molecule has 0 atom stereocenters. The van der Waals surface area contributed by atoms with Gasteiger partial charge in [0.1, 0.15) is 5.75 Å². The lowest BCUT2D eigenvalue weighted by Gasteiger charge is -2.33. The molecule has 1 fully saturated rings. The molecule has 0 bridgehead atoms. The first-order valence-electron chi connectivity index (χ1n) is 7.94. The third-order valence-corrected chi connectivity index (χ3v) is 4.40. The maximum absolute atomic E-state index is 12.6. The molecule has 1 aliphatic heterocycles. The fourth-order valence-corrected chi connectivity index (χ4v) is 3.01. The molecule has 1 aromatic carbocycles. The highest BCUT2D eigenvalue weighted by atomic mass is 19.4. The van der Waals surface area contributed by atoms with E-state index in [-0.39, 0.29) is 11.7 Å². The van der Waals surface area contributed by atoms with Gasteiger partial charge in [0.25, 0.3) is 0 Å². The Morgan fingerprint density at radius 1 is 1.23 bits per heavy atom. The minimum Gasteiger partial charge on any atom is -0.405 e. The number of hydrogen-bond donors (Lipinski definition) is 0. The first kappa shape index (κ1) is 17.0. The van der Waals surface area contributed by atoms with E-state index in [2.05, 4.69) is 16.6 Å². The lowest BCUT2D eigenvalue weighted by molar-refractivity contribution is -0.274. The SMILES string of the molecule is CCC1CCN(c2ccc(C(C)C)c(OC(F)(F)F)c2)CC1. The zero-order valence-electron chi connectivity index (χ0n) is 13.4. The molecule has 0 amide bonds. The van der Waals surface area contributed by atoms with Gasteiger partial charge in [0.2, 0.25) is 0 Å². The molecular weight excluding hydrogens is 291 g/mol. The van der Waals surface area contributed by atoms with Gasteiger partial charge in [0.05, 0.1) is 0 Å². The van der Waals surface area contributed by atoms with E-state index in [0.717, 1.165) is 37.5 Å². The van der Waals surface area contributed by atoms with E-state index >= 15 is 0 Å². The first-order valence-corrected chi connectivity index (χ1v) is 7.94. The Balaban J connectivity index is 2.21. The van der Waals surface area contributed by atoms with Gasteiger partial charge in [-0.25, -0.2) is 0 Å². The molecule has 0 saturated carbocycles. The Kier molecular flexibility index (Phi) is 5.24. The first-order chi connectivity index (χ1) is 10.3. The Bertz CT molecular complexity index is 491. The smallest absolute Gasteiger partial charge is 0.405 e. The number of anilines is 1. The molecule has 0 unspecified atom stereocenters. The number of rotatable bonds is 4. The summed E-state index contributed by atoms with van der Waals surface area (Å²) in [7, 11) is 0. The van der Waals surface area contributed by atoms with Gasteiger partial charge in [0, 0.05) is 24.8 Å². The van der Waals surface area contributed by atoms with E-state index < -0.39 is 6.36 Å². The van der Waals surface area contributed by atoms with Crippen LogP contribution >= 0.6 is 0 Å². The second-order valence-corrected chi connectivity index (χ2v) is 6.26. The summed E-state index contributed by atoms with van der Waals surface area (Å²) in [4.78, 5) is 2.15. The van der Waals surface area contributed by atoms with Crippen LogP contribution in [0.3, 0.4) is 0 Å². The van der Waals surface area contributed by atoms with Crippen molar-refractivity contribution >= 4 is 5.69 Å². The van der Waals surface area contributed by atoms with Crippen LogP contribution in [0.2, 0.25) is 0 Å². The number of ether oxygens (including phenoxy) is 1. The van der Waals surface area contributed by atoms with Gasteiger partial charge >= 0.3 is 6.36 Å². The quantitative estimate of drug-likeness (QED) is 0.744. The number of halogens is 3. The van der Waals surface area contributed by atoms with Crippen LogP contribution in [0.25, 0.3) is 0 Å².